The third-order valence-electron chi connectivity index (χ3n) is 2.83. The lowest BCUT2D eigenvalue weighted by Crippen LogP contribution is -2.31. The topological polar surface area (TPSA) is 66.4 Å². The molecule has 0 spiro atoms. The van der Waals surface area contributed by atoms with Crippen molar-refractivity contribution >= 4 is 11.1 Å². The molecular weight excluding hydrogens is 246 g/mol. The van der Waals surface area contributed by atoms with Crippen LogP contribution in [0.15, 0.2) is 45.6 Å². The van der Waals surface area contributed by atoms with Gasteiger partial charge in [-0.05, 0) is 19.1 Å². The molecule has 5 heteroatoms. The van der Waals surface area contributed by atoms with Gasteiger partial charge in [0.2, 0.25) is 11.3 Å². The van der Waals surface area contributed by atoms with Gasteiger partial charge in [0.1, 0.15) is 5.75 Å². The maximum Gasteiger partial charge on any atom is 0.260 e. The average molecular weight is 257 g/mol. The molecule has 1 aliphatic heterocycles. The largest absolute Gasteiger partial charge is 0.618 e. The summed E-state index contributed by atoms with van der Waals surface area (Å²) in [4.78, 5) is 11.3. The second kappa shape index (κ2) is 4.28. The predicted octanol–water partition coefficient (Wildman–Crippen LogP) is 1.93. The molecule has 1 aromatic rings. The van der Waals surface area contributed by atoms with Crippen LogP contribution >= 0.6 is 0 Å². The lowest BCUT2D eigenvalue weighted by Gasteiger charge is -2.09. The van der Waals surface area contributed by atoms with Crippen LogP contribution in [0.25, 0.3) is 22.6 Å². The van der Waals surface area contributed by atoms with Crippen molar-refractivity contribution < 1.29 is 13.9 Å². The van der Waals surface area contributed by atoms with E-state index in [0.717, 1.165) is 4.73 Å². The van der Waals surface area contributed by atoms with Crippen molar-refractivity contribution in [2.24, 2.45) is 0 Å². The van der Waals surface area contributed by atoms with Crippen molar-refractivity contribution in [3.05, 3.63) is 51.8 Å². The van der Waals surface area contributed by atoms with Crippen LogP contribution in [0.3, 0.4) is 0 Å². The molecule has 2 aliphatic rings. The molecule has 1 heterocycles. The summed E-state index contributed by atoms with van der Waals surface area (Å²) in [5.41, 5.74) is 0.918. The lowest BCUT2D eigenvalue weighted by molar-refractivity contribution is -0.566. The molecule has 0 N–H and O–H groups in total. The van der Waals surface area contributed by atoms with Crippen LogP contribution in [0.2, 0.25) is 0 Å². The molecule has 0 aromatic heterocycles. The van der Waals surface area contributed by atoms with Crippen molar-refractivity contribution in [1.29, 1.82) is 0 Å². The van der Waals surface area contributed by atoms with E-state index < -0.39 is 0 Å². The molecule has 3 rings (SSSR count). The predicted molar refractivity (Wildman–Crippen MR) is 69.2 cm³/mol. The minimum Gasteiger partial charge on any atom is -0.618 e. The zero-order chi connectivity index (χ0) is 13.4. The molecule has 0 bridgehead atoms. The van der Waals surface area contributed by atoms with E-state index in [1.807, 2.05) is 6.92 Å². The Hall–Kier alpha value is -2.56. The Morgan fingerprint density at radius 3 is 2.89 bits per heavy atom. The Bertz CT molecular complexity index is 778. The number of hydrogen-bond acceptors (Lipinski definition) is 4. The molecule has 0 saturated heterocycles. The van der Waals surface area contributed by atoms with Gasteiger partial charge in [0.25, 0.3) is 11.2 Å². The maximum atomic E-state index is 12.2. The Balaban J connectivity index is 2.34. The Morgan fingerprint density at radius 1 is 1.26 bits per heavy atom. The Morgan fingerprint density at radius 2 is 2.11 bits per heavy atom. The highest BCUT2D eigenvalue weighted by Gasteiger charge is 2.19. The minimum absolute atomic E-state index is 0.198. The van der Waals surface area contributed by atoms with Gasteiger partial charge in [-0.1, -0.05) is 0 Å². The summed E-state index contributed by atoms with van der Waals surface area (Å²) in [6.45, 7) is 2.40. The first-order valence-electron chi connectivity index (χ1n) is 5.92. The fourth-order valence-corrected chi connectivity index (χ4v) is 1.99. The molecule has 0 saturated carbocycles. The van der Waals surface area contributed by atoms with E-state index >= 15 is 0 Å². The van der Waals surface area contributed by atoms with Gasteiger partial charge in [-0.3, -0.25) is 4.79 Å². The van der Waals surface area contributed by atoms with E-state index in [-0.39, 0.29) is 11.2 Å². The normalized spacial score (nSPS) is 11.0. The quantitative estimate of drug-likeness (QED) is 0.399. The molecule has 1 aliphatic carbocycles. The van der Waals surface area contributed by atoms with Crippen LogP contribution in [0.1, 0.15) is 6.92 Å². The average Bonchev–Trinajstić information content (AvgIpc) is 2.38. The zero-order valence-electron chi connectivity index (χ0n) is 10.3. The summed E-state index contributed by atoms with van der Waals surface area (Å²) in [7, 11) is 0. The fourth-order valence-electron chi connectivity index (χ4n) is 1.99. The van der Waals surface area contributed by atoms with Gasteiger partial charge in [-0.2, -0.15) is 4.73 Å². The Labute approximate surface area is 108 Å². The number of aromatic nitrogens is 1. The van der Waals surface area contributed by atoms with E-state index in [4.69, 9.17) is 9.15 Å². The number of benzene rings is 2. The molecular formula is C14H11NO4. The van der Waals surface area contributed by atoms with Crippen molar-refractivity contribution in [2.45, 2.75) is 6.92 Å². The molecule has 0 fully saturated rings. The van der Waals surface area contributed by atoms with Gasteiger partial charge < -0.3 is 14.4 Å². The van der Waals surface area contributed by atoms with Gasteiger partial charge >= 0.3 is 0 Å². The van der Waals surface area contributed by atoms with E-state index in [2.05, 4.69) is 0 Å². The molecule has 0 radical (unpaired) electrons. The third-order valence-corrected chi connectivity index (χ3v) is 2.83. The highest BCUT2D eigenvalue weighted by Crippen LogP contribution is 2.24. The molecule has 19 heavy (non-hydrogen) atoms. The molecule has 96 valence electrons. The van der Waals surface area contributed by atoms with Gasteiger partial charge in [0.05, 0.1) is 6.61 Å². The van der Waals surface area contributed by atoms with E-state index in [0.29, 0.717) is 29.2 Å². The number of nitrogens with zero attached hydrogens (tertiary/aromatic N) is 1. The first-order valence-corrected chi connectivity index (χ1v) is 5.92. The standard InChI is InChI=1S/C14H11NO4/c1-2-18-10-4-6-12-14(8-10)19-13-7-9(16)3-5-11(13)15(12)17/h3-8H,2H2,1H3. The smallest absolute Gasteiger partial charge is 0.260 e. The van der Waals surface area contributed by atoms with E-state index in [9.17, 15) is 10.0 Å². The van der Waals surface area contributed by atoms with Crippen molar-refractivity contribution in [1.82, 2.24) is 0 Å². The number of rotatable bonds is 2. The van der Waals surface area contributed by atoms with Crippen molar-refractivity contribution in [2.75, 3.05) is 6.61 Å². The maximum absolute atomic E-state index is 12.2. The fraction of sp³-hybridized carbons (Fsp3) is 0.143. The first kappa shape index (κ1) is 11.5. The molecule has 0 amide bonds. The summed E-state index contributed by atoms with van der Waals surface area (Å²) < 4.78 is 11.7. The van der Waals surface area contributed by atoms with Crippen LogP contribution in [0, 0.1) is 5.21 Å². The van der Waals surface area contributed by atoms with Crippen molar-refractivity contribution in [3.8, 4) is 17.2 Å². The second-order valence-electron chi connectivity index (χ2n) is 4.09. The van der Waals surface area contributed by atoms with Crippen LogP contribution in [-0.2, 0) is 0 Å². The second-order valence-corrected chi connectivity index (χ2v) is 4.09. The molecule has 0 unspecified atom stereocenters. The van der Waals surface area contributed by atoms with Crippen LogP contribution in [0.4, 0.5) is 0 Å². The van der Waals surface area contributed by atoms with Gasteiger partial charge in [-0.15, -0.1) is 0 Å². The summed E-state index contributed by atoms with van der Waals surface area (Å²) >= 11 is 0. The number of hydrogen-bond donors (Lipinski definition) is 0. The lowest BCUT2D eigenvalue weighted by atomic mass is 10.2. The summed E-state index contributed by atoms with van der Waals surface area (Å²) in [5, 5.41) is 12.2. The Kier molecular flexibility index (Phi) is 2.59. The molecule has 5 nitrogen and oxygen atoms in total. The highest BCUT2D eigenvalue weighted by molar-refractivity contribution is 5.73. The first-order chi connectivity index (χ1) is 9.19. The van der Waals surface area contributed by atoms with Crippen LogP contribution in [-0.4, -0.2) is 6.61 Å². The molecule has 0 atom stereocenters. The van der Waals surface area contributed by atoms with Gasteiger partial charge in [0, 0.05) is 24.3 Å². The van der Waals surface area contributed by atoms with Crippen LogP contribution in [0.5, 0.6) is 5.75 Å². The summed E-state index contributed by atoms with van der Waals surface area (Å²) in [6, 6.07) is 9.10. The highest BCUT2D eigenvalue weighted by atomic mass is 16.5. The third kappa shape index (κ3) is 1.89. The number of ether oxygens (including phenoxy) is 1. The summed E-state index contributed by atoms with van der Waals surface area (Å²) in [5.74, 6) is 0.889. The van der Waals surface area contributed by atoms with Crippen molar-refractivity contribution in [3.63, 3.8) is 0 Å². The van der Waals surface area contributed by atoms with Gasteiger partial charge in [0.15, 0.2) is 5.43 Å². The minimum atomic E-state index is -0.198. The van der Waals surface area contributed by atoms with Gasteiger partial charge in [-0.25, -0.2) is 0 Å². The van der Waals surface area contributed by atoms with E-state index in [1.165, 1.54) is 18.2 Å². The number of fused-ring (bicyclic) bond motifs is 2. The monoisotopic (exact) mass is 257 g/mol. The van der Waals surface area contributed by atoms with E-state index in [1.54, 1.807) is 18.2 Å². The molecule has 1 aromatic carbocycles. The summed E-state index contributed by atoms with van der Waals surface area (Å²) in [6.07, 6.45) is 0. The zero-order valence-corrected chi connectivity index (χ0v) is 10.3. The SMILES string of the molecule is CCOc1ccc2c(c1)oc1cc(=O)ccc-1[n+]2[O-]. The van der Waals surface area contributed by atoms with Crippen LogP contribution < -0.4 is 14.9 Å².